The van der Waals surface area contributed by atoms with Crippen molar-refractivity contribution in [3.05, 3.63) is 39.3 Å². The molecule has 0 bridgehead atoms. The Bertz CT molecular complexity index is 258. The van der Waals surface area contributed by atoms with E-state index in [0.29, 0.717) is 0 Å². The third-order valence-electron chi connectivity index (χ3n) is 1.49. The van der Waals surface area contributed by atoms with Crippen LogP contribution in [0, 0.1) is 0 Å². The fraction of sp³-hybridized carbons (Fsp3) is 0.111. The predicted octanol–water partition coefficient (Wildman–Crippen LogP) is 4.16. The Morgan fingerprint density at radius 3 is 2.09 bits per heavy atom. The third-order valence-corrected chi connectivity index (χ3v) is 2.68. The van der Waals surface area contributed by atoms with Gasteiger partial charge in [-0.3, -0.25) is 0 Å². The van der Waals surface area contributed by atoms with Crippen LogP contribution in [0.4, 0.5) is 0 Å². The van der Waals surface area contributed by atoms with Crippen LogP contribution >= 0.6 is 31.9 Å². The minimum absolute atomic E-state index is 1.01. The fourth-order valence-corrected chi connectivity index (χ4v) is 1.26. The molecule has 2 heteroatoms. The molecule has 0 aliphatic carbocycles. The number of allylic oxidation sites excluding steroid dienone is 1. The lowest BCUT2D eigenvalue weighted by molar-refractivity contribution is 1.58. The Hall–Kier alpha value is -0.0800. The monoisotopic (exact) mass is 274 g/mol. The van der Waals surface area contributed by atoms with Gasteiger partial charge < -0.3 is 0 Å². The van der Waals surface area contributed by atoms with Gasteiger partial charge in [0.25, 0.3) is 0 Å². The first-order valence-corrected chi connectivity index (χ1v) is 4.87. The number of halogens is 2. The van der Waals surface area contributed by atoms with Gasteiger partial charge in [0.1, 0.15) is 0 Å². The van der Waals surface area contributed by atoms with Crippen molar-refractivity contribution in [2.24, 2.45) is 0 Å². The van der Waals surface area contributed by atoms with E-state index in [9.17, 15) is 0 Å². The maximum Gasteiger partial charge on any atom is 0.0639 e. The van der Waals surface area contributed by atoms with E-state index in [1.807, 2.05) is 18.2 Å². The van der Waals surface area contributed by atoms with Gasteiger partial charge in [-0.15, -0.1) is 0 Å². The molecular formula is C9H8Br2. The quantitative estimate of drug-likeness (QED) is 0.722. The molecule has 0 fully saturated rings. The summed E-state index contributed by atoms with van der Waals surface area (Å²) in [6, 6.07) is 10.2. The molecule has 0 atom stereocenters. The summed E-state index contributed by atoms with van der Waals surface area (Å²) in [6.45, 7) is 2.06. The van der Waals surface area contributed by atoms with E-state index < -0.39 is 0 Å². The second-order valence-corrected chi connectivity index (χ2v) is 4.90. The van der Waals surface area contributed by atoms with Crippen LogP contribution in [0.1, 0.15) is 12.5 Å². The SMILES string of the molecule is CC(=C(Br)Br)c1ccccc1. The highest BCUT2D eigenvalue weighted by atomic mass is 79.9. The molecule has 0 radical (unpaired) electrons. The maximum atomic E-state index is 3.37. The van der Waals surface area contributed by atoms with Crippen LogP contribution in [0.25, 0.3) is 5.57 Å². The Kier molecular flexibility index (Phi) is 3.34. The summed E-state index contributed by atoms with van der Waals surface area (Å²) in [4.78, 5) is 0. The van der Waals surface area contributed by atoms with Crippen LogP contribution in [-0.4, -0.2) is 0 Å². The second kappa shape index (κ2) is 4.07. The van der Waals surface area contributed by atoms with E-state index in [4.69, 9.17) is 0 Å². The molecule has 0 saturated carbocycles. The maximum absolute atomic E-state index is 3.37. The average Bonchev–Trinajstić information content (AvgIpc) is 2.05. The molecule has 58 valence electrons. The summed E-state index contributed by atoms with van der Waals surface area (Å²) in [7, 11) is 0. The molecule has 1 rings (SSSR count). The van der Waals surface area contributed by atoms with Gasteiger partial charge in [0.2, 0.25) is 0 Å². The van der Waals surface area contributed by atoms with Crippen molar-refractivity contribution in [1.29, 1.82) is 0 Å². The molecule has 11 heavy (non-hydrogen) atoms. The van der Waals surface area contributed by atoms with Crippen molar-refractivity contribution in [1.82, 2.24) is 0 Å². The number of hydrogen-bond donors (Lipinski definition) is 0. The number of rotatable bonds is 1. The Morgan fingerprint density at radius 1 is 1.09 bits per heavy atom. The molecule has 0 nitrogen and oxygen atoms in total. The molecule has 0 spiro atoms. The fourth-order valence-electron chi connectivity index (χ4n) is 0.797. The van der Waals surface area contributed by atoms with Gasteiger partial charge in [0.05, 0.1) is 3.39 Å². The topological polar surface area (TPSA) is 0 Å². The number of benzene rings is 1. The summed E-state index contributed by atoms with van der Waals surface area (Å²) >= 11 is 6.75. The van der Waals surface area contributed by atoms with Crippen LogP contribution in [0.3, 0.4) is 0 Å². The van der Waals surface area contributed by atoms with E-state index in [1.165, 1.54) is 11.1 Å². The molecule has 0 N–H and O–H groups in total. The summed E-state index contributed by atoms with van der Waals surface area (Å²) in [5.41, 5.74) is 2.45. The van der Waals surface area contributed by atoms with Crippen LogP contribution in [0.2, 0.25) is 0 Å². The van der Waals surface area contributed by atoms with Gasteiger partial charge in [-0.2, -0.15) is 0 Å². The van der Waals surface area contributed by atoms with E-state index in [2.05, 4.69) is 50.9 Å². The molecule has 0 aliphatic rings. The van der Waals surface area contributed by atoms with Crippen molar-refractivity contribution in [2.45, 2.75) is 6.92 Å². The van der Waals surface area contributed by atoms with Crippen LogP contribution in [-0.2, 0) is 0 Å². The largest absolute Gasteiger partial charge is 0.0639 e. The molecule has 1 aromatic rings. The van der Waals surface area contributed by atoms with Gasteiger partial charge >= 0.3 is 0 Å². The zero-order chi connectivity index (χ0) is 8.27. The summed E-state index contributed by atoms with van der Waals surface area (Å²) < 4.78 is 1.01. The lowest BCUT2D eigenvalue weighted by Gasteiger charge is -1.99. The highest BCUT2D eigenvalue weighted by Gasteiger charge is 1.96. The first-order valence-electron chi connectivity index (χ1n) is 3.29. The van der Waals surface area contributed by atoms with E-state index >= 15 is 0 Å². The normalized spacial score (nSPS) is 9.36. The summed E-state index contributed by atoms with van der Waals surface area (Å²) in [5.74, 6) is 0. The van der Waals surface area contributed by atoms with Gasteiger partial charge in [-0.05, 0) is 49.9 Å². The molecule has 0 amide bonds. The highest BCUT2D eigenvalue weighted by molar-refractivity contribution is 9.28. The standard InChI is InChI=1S/C9H8Br2/c1-7(9(10)11)8-5-3-2-4-6-8/h2-6H,1H3. The van der Waals surface area contributed by atoms with Crippen molar-refractivity contribution in [2.75, 3.05) is 0 Å². The van der Waals surface area contributed by atoms with Gasteiger partial charge in [0.15, 0.2) is 0 Å². The molecule has 1 aromatic carbocycles. The molecule has 0 aromatic heterocycles. The highest BCUT2D eigenvalue weighted by Crippen LogP contribution is 2.26. The van der Waals surface area contributed by atoms with Crippen molar-refractivity contribution in [3.63, 3.8) is 0 Å². The van der Waals surface area contributed by atoms with Crippen molar-refractivity contribution < 1.29 is 0 Å². The van der Waals surface area contributed by atoms with Crippen LogP contribution < -0.4 is 0 Å². The Labute approximate surface area is 83.6 Å². The van der Waals surface area contributed by atoms with Gasteiger partial charge in [-0.25, -0.2) is 0 Å². The number of hydrogen-bond acceptors (Lipinski definition) is 0. The Balaban J connectivity index is 3.04. The first kappa shape index (κ1) is 9.01. The van der Waals surface area contributed by atoms with Crippen LogP contribution in [0.15, 0.2) is 33.7 Å². The van der Waals surface area contributed by atoms with Crippen molar-refractivity contribution in [3.8, 4) is 0 Å². The van der Waals surface area contributed by atoms with Gasteiger partial charge in [0, 0.05) is 0 Å². The Morgan fingerprint density at radius 2 is 1.64 bits per heavy atom. The second-order valence-electron chi connectivity index (χ2n) is 2.25. The smallest absolute Gasteiger partial charge is 0.0622 e. The minimum atomic E-state index is 1.01. The minimum Gasteiger partial charge on any atom is -0.0622 e. The van der Waals surface area contributed by atoms with E-state index in [-0.39, 0.29) is 0 Å². The molecule has 0 unspecified atom stereocenters. The lowest BCUT2D eigenvalue weighted by atomic mass is 10.1. The first-order chi connectivity index (χ1) is 5.22. The predicted molar refractivity (Wildman–Crippen MR) is 56.9 cm³/mol. The summed E-state index contributed by atoms with van der Waals surface area (Å²) in [6.07, 6.45) is 0. The van der Waals surface area contributed by atoms with E-state index in [0.717, 1.165) is 3.39 Å². The molecule has 0 heterocycles. The average molecular weight is 276 g/mol. The molecule has 0 saturated heterocycles. The zero-order valence-electron chi connectivity index (χ0n) is 6.14. The molecular weight excluding hydrogens is 268 g/mol. The lowest BCUT2D eigenvalue weighted by Crippen LogP contribution is -1.76. The third kappa shape index (κ3) is 2.46. The zero-order valence-corrected chi connectivity index (χ0v) is 9.31. The van der Waals surface area contributed by atoms with Crippen LogP contribution in [0.5, 0.6) is 0 Å². The molecule has 0 aliphatic heterocycles. The van der Waals surface area contributed by atoms with E-state index in [1.54, 1.807) is 0 Å². The summed E-state index contributed by atoms with van der Waals surface area (Å²) in [5, 5.41) is 0. The van der Waals surface area contributed by atoms with Gasteiger partial charge in [-0.1, -0.05) is 30.3 Å². The van der Waals surface area contributed by atoms with Crippen molar-refractivity contribution >= 4 is 37.4 Å².